The van der Waals surface area contributed by atoms with Crippen molar-refractivity contribution in [1.29, 1.82) is 0 Å². The molecule has 2 heterocycles. The van der Waals surface area contributed by atoms with Gasteiger partial charge in [0.2, 0.25) is 5.91 Å². The molecule has 7 heteroatoms. The third-order valence-electron chi connectivity index (χ3n) is 6.19. The first-order chi connectivity index (χ1) is 15.4. The topological polar surface area (TPSA) is 45.7 Å². The van der Waals surface area contributed by atoms with Crippen LogP contribution in [0.5, 0.6) is 0 Å². The molecule has 0 aliphatic carbocycles. The highest BCUT2D eigenvalue weighted by atomic mass is 35.5. The zero-order valence-electron chi connectivity index (χ0n) is 20.0. The van der Waals surface area contributed by atoms with Crippen molar-refractivity contribution in [3.8, 4) is 0 Å². The summed E-state index contributed by atoms with van der Waals surface area (Å²) >= 11 is 1.62. The van der Waals surface area contributed by atoms with Crippen LogP contribution in [0.2, 0.25) is 0 Å². The Balaban J connectivity index is 0.00000306. The van der Waals surface area contributed by atoms with Crippen molar-refractivity contribution in [2.75, 3.05) is 44.3 Å². The molecule has 33 heavy (non-hydrogen) atoms. The molecule has 0 bridgehead atoms. The van der Waals surface area contributed by atoms with E-state index in [1.54, 1.807) is 11.3 Å². The van der Waals surface area contributed by atoms with E-state index in [1.165, 1.54) is 22.3 Å². The summed E-state index contributed by atoms with van der Waals surface area (Å²) in [6, 6.07) is 10.6. The summed E-state index contributed by atoms with van der Waals surface area (Å²) in [4.78, 5) is 22.8. The molecular weight excluding hydrogens is 454 g/mol. The highest BCUT2D eigenvalue weighted by molar-refractivity contribution is 7.22. The predicted octanol–water partition coefficient (Wildman–Crippen LogP) is 5.25. The summed E-state index contributed by atoms with van der Waals surface area (Å²) in [7, 11) is 0. The molecule has 0 spiro atoms. The Morgan fingerprint density at radius 1 is 1.06 bits per heavy atom. The number of carbonyl (C=O) groups excluding carboxylic acids is 1. The third kappa shape index (κ3) is 6.33. The van der Waals surface area contributed by atoms with Crippen LogP contribution in [0.15, 0.2) is 30.3 Å². The monoisotopic (exact) mass is 487 g/mol. The minimum Gasteiger partial charge on any atom is -0.379 e. The number of aromatic nitrogens is 1. The van der Waals surface area contributed by atoms with Crippen molar-refractivity contribution in [2.45, 2.75) is 40.5 Å². The van der Waals surface area contributed by atoms with Crippen molar-refractivity contribution in [1.82, 2.24) is 9.88 Å². The number of aryl methyl sites for hydroxylation is 4. The first-order valence-corrected chi connectivity index (χ1v) is 12.3. The van der Waals surface area contributed by atoms with Crippen molar-refractivity contribution in [3.63, 3.8) is 0 Å². The van der Waals surface area contributed by atoms with Gasteiger partial charge in [0, 0.05) is 26.2 Å². The van der Waals surface area contributed by atoms with Crippen LogP contribution < -0.4 is 4.90 Å². The molecule has 0 atom stereocenters. The molecule has 3 aromatic rings. The Kier molecular flexibility index (Phi) is 8.88. The molecule has 5 nitrogen and oxygen atoms in total. The molecule has 0 unspecified atom stereocenters. The van der Waals surface area contributed by atoms with Gasteiger partial charge in [-0.2, -0.15) is 0 Å². The molecule has 1 fully saturated rings. The van der Waals surface area contributed by atoms with Gasteiger partial charge in [0.1, 0.15) is 0 Å². The molecule has 1 saturated heterocycles. The van der Waals surface area contributed by atoms with E-state index in [4.69, 9.17) is 9.72 Å². The molecule has 1 aromatic heterocycles. The lowest BCUT2D eigenvalue weighted by molar-refractivity contribution is -0.118. The quantitative estimate of drug-likeness (QED) is 0.456. The summed E-state index contributed by atoms with van der Waals surface area (Å²) in [5.41, 5.74) is 6.91. The largest absolute Gasteiger partial charge is 0.379 e. The number of carbonyl (C=O) groups is 1. The van der Waals surface area contributed by atoms with Gasteiger partial charge in [-0.25, -0.2) is 4.98 Å². The van der Waals surface area contributed by atoms with Gasteiger partial charge in [-0.3, -0.25) is 14.6 Å². The molecule has 0 saturated carbocycles. The zero-order valence-corrected chi connectivity index (χ0v) is 21.7. The minimum absolute atomic E-state index is 0. The van der Waals surface area contributed by atoms with Crippen LogP contribution >= 0.6 is 23.7 Å². The minimum atomic E-state index is 0. The summed E-state index contributed by atoms with van der Waals surface area (Å²) in [5.74, 6) is 0.123. The summed E-state index contributed by atoms with van der Waals surface area (Å²) in [5, 5.41) is 0.806. The van der Waals surface area contributed by atoms with Gasteiger partial charge < -0.3 is 4.74 Å². The van der Waals surface area contributed by atoms with Crippen molar-refractivity contribution < 1.29 is 9.53 Å². The van der Waals surface area contributed by atoms with E-state index in [-0.39, 0.29) is 18.3 Å². The standard InChI is InChI=1S/C26H33N3O2S.ClH/c1-18-6-7-23-24(16-18)32-26(27-23)29(9-5-8-28-10-12-31-13-11-28)25(30)17-22-20(3)14-19(2)15-21(22)4;/h6-7,14-16H,5,8-13,17H2,1-4H3;1H. The summed E-state index contributed by atoms with van der Waals surface area (Å²) < 4.78 is 6.59. The Morgan fingerprint density at radius 2 is 1.76 bits per heavy atom. The second-order valence-corrected chi connectivity index (χ2v) is 9.88. The smallest absolute Gasteiger partial charge is 0.233 e. The van der Waals surface area contributed by atoms with E-state index in [1.807, 2.05) is 4.90 Å². The van der Waals surface area contributed by atoms with E-state index < -0.39 is 0 Å². The molecule has 178 valence electrons. The molecule has 1 amide bonds. The number of benzene rings is 2. The Morgan fingerprint density at radius 3 is 2.45 bits per heavy atom. The van der Waals surface area contributed by atoms with Gasteiger partial charge in [-0.05, 0) is 68.5 Å². The van der Waals surface area contributed by atoms with Crippen molar-refractivity contribution in [3.05, 3.63) is 58.1 Å². The lowest BCUT2D eigenvalue weighted by Gasteiger charge is -2.28. The fraction of sp³-hybridized carbons (Fsp3) is 0.462. The average Bonchev–Trinajstić information content (AvgIpc) is 3.17. The lowest BCUT2D eigenvalue weighted by Crippen LogP contribution is -2.39. The van der Waals surface area contributed by atoms with Crippen LogP contribution in [0, 0.1) is 27.7 Å². The lowest BCUT2D eigenvalue weighted by atomic mass is 9.97. The van der Waals surface area contributed by atoms with Crippen LogP contribution in [0.3, 0.4) is 0 Å². The number of thiazole rings is 1. The Labute approximate surface area is 207 Å². The van der Waals surface area contributed by atoms with Gasteiger partial charge >= 0.3 is 0 Å². The number of rotatable bonds is 7. The van der Waals surface area contributed by atoms with Crippen LogP contribution in [0.4, 0.5) is 5.13 Å². The SMILES string of the molecule is Cc1cc(C)c(CC(=O)N(CCCN2CCOCC2)c2nc3ccc(C)cc3s2)c(C)c1.Cl. The Bertz CT molecular complexity index is 1090. The number of amides is 1. The maximum Gasteiger partial charge on any atom is 0.233 e. The first-order valence-electron chi connectivity index (χ1n) is 11.4. The van der Waals surface area contributed by atoms with E-state index in [0.29, 0.717) is 13.0 Å². The molecular formula is C26H34ClN3O2S. The number of ether oxygens (including phenoxy) is 1. The number of hydrogen-bond donors (Lipinski definition) is 0. The molecule has 1 aliphatic rings. The number of fused-ring (bicyclic) bond motifs is 1. The van der Waals surface area contributed by atoms with Crippen LogP contribution in [0.1, 0.15) is 34.2 Å². The van der Waals surface area contributed by atoms with Gasteiger partial charge in [-0.1, -0.05) is 35.1 Å². The molecule has 4 rings (SSSR count). The van der Waals surface area contributed by atoms with Gasteiger partial charge in [0.05, 0.1) is 29.9 Å². The molecule has 0 N–H and O–H groups in total. The molecule has 0 radical (unpaired) electrons. The molecule has 2 aromatic carbocycles. The fourth-order valence-corrected chi connectivity index (χ4v) is 5.58. The van der Waals surface area contributed by atoms with Crippen LogP contribution in [-0.4, -0.2) is 55.2 Å². The Hall–Kier alpha value is -1.99. The fourth-order valence-electron chi connectivity index (χ4n) is 4.47. The number of halogens is 1. The zero-order chi connectivity index (χ0) is 22.7. The number of hydrogen-bond acceptors (Lipinski definition) is 5. The summed E-state index contributed by atoms with van der Waals surface area (Å²) in [6.45, 7) is 13.6. The highest BCUT2D eigenvalue weighted by Gasteiger charge is 2.22. The van der Waals surface area contributed by atoms with Gasteiger partial charge in [0.25, 0.3) is 0 Å². The molecule has 1 aliphatic heterocycles. The van der Waals surface area contributed by atoms with E-state index >= 15 is 0 Å². The van der Waals surface area contributed by atoms with E-state index in [2.05, 4.69) is 62.9 Å². The van der Waals surface area contributed by atoms with Gasteiger partial charge in [0.15, 0.2) is 5.13 Å². The number of morpholine rings is 1. The predicted molar refractivity (Wildman–Crippen MR) is 140 cm³/mol. The van der Waals surface area contributed by atoms with Gasteiger partial charge in [-0.15, -0.1) is 12.4 Å². The van der Waals surface area contributed by atoms with E-state index in [0.717, 1.165) is 60.2 Å². The normalized spacial score (nSPS) is 14.3. The maximum atomic E-state index is 13.6. The van der Waals surface area contributed by atoms with Crippen LogP contribution in [-0.2, 0) is 16.0 Å². The number of anilines is 1. The van der Waals surface area contributed by atoms with Crippen LogP contribution in [0.25, 0.3) is 10.2 Å². The maximum absolute atomic E-state index is 13.6. The van der Waals surface area contributed by atoms with Crippen molar-refractivity contribution >= 4 is 45.0 Å². The highest BCUT2D eigenvalue weighted by Crippen LogP contribution is 2.30. The van der Waals surface area contributed by atoms with Crippen molar-refractivity contribution in [2.24, 2.45) is 0 Å². The van der Waals surface area contributed by atoms with E-state index in [9.17, 15) is 4.79 Å². The second kappa shape index (κ2) is 11.4. The number of nitrogens with zero attached hydrogens (tertiary/aromatic N) is 3. The summed E-state index contributed by atoms with van der Waals surface area (Å²) in [6.07, 6.45) is 1.33. The first kappa shape index (κ1) is 25.6. The third-order valence-corrected chi connectivity index (χ3v) is 7.23. The average molecular weight is 488 g/mol. The second-order valence-electron chi connectivity index (χ2n) is 8.87.